The van der Waals surface area contributed by atoms with Gasteiger partial charge in [0, 0.05) is 11.8 Å². The van der Waals surface area contributed by atoms with Crippen molar-refractivity contribution in [2.45, 2.75) is 38.7 Å². The minimum atomic E-state index is -0.119. The number of hydrogen-bond acceptors (Lipinski definition) is 3. The van der Waals surface area contributed by atoms with Gasteiger partial charge in [0.25, 0.3) is 5.56 Å². The number of hydrogen-bond donors (Lipinski definition) is 0. The molecule has 27 heavy (non-hydrogen) atoms. The normalized spacial score (nSPS) is 15.0. The summed E-state index contributed by atoms with van der Waals surface area (Å²) in [7, 11) is 0. The summed E-state index contributed by atoms with van der Waals surface area (Å²) in [5, 5.41) is 0. The maximum Gasteiger partial charge on any atom is 0.272 e. The van der Waals surface area contributed by atoms with Crippen LogP contribution in [0.3, 0.4) is 0 Å². The number of ether oxygens (including phenoxy) is 1. The molecule has 2 heterocycles. The molecule has 5 heteroatoms. The summed E-state index contributed by atoms with van der Waals surface area (Å²) in [4.78, 5) is 17.1. The van der Waals surface area contributed by atoms with E-state index in [0.29, 0.717) is 21.9 Å². The van der Waals surface area contributed by atoms with Crippen molar-refractivity contribution in [3.63, 3.8) is 0 Å². The van der Waals surface area contributed by atoms with Crippen LogP contribution in [0.5, 0.6) is 5.75 Å². The van der Waals surface area contributed by atoms with Crippen molar-refractivity contribution in [1.29, 1.82) is 0 Å². The van der Waals surface area contributed by atoms with E-state index in [4.69, 9.17) is 4.74 Å². The second-order valence-electron chi connectivity index (χ2n) is 6.90. The monoisotopic (exact) mass is 424 g/mol. The second kappa shape index (κ2) is 7.69. The summed E-state index contributed by atoms with van der Waals surface area (Å²) in [6.45, 7) is 2.07. The molecule has 0 radical (unpaired) electrons. The topological polar surface area (TPSA) is 43.6 Å². The molecule has 0 saturated heterocycles. The summed E-state index contributed by atoms with van der Waals surface area (Å²) in [5.74, 6) is 0.925. The van der Waals surface area contributed by atoms with Crippen molar-refractivity contribution in [1.82, 2.24) is 9.38 Å². The Bertz CT molecular complexity index is 1070. The van der Waals surface area contributed by atoms with E-state index in [9.17, 15) is 4.79 Å². The molecular formula is C22H21BrN2O2. The summed E-state index contributed by atoms with van der Waals surface area (Å²) >= 11 is 3.40. The fourth-order valence-electron chi connectivity index (χ4n) is 3.50. The molecule has 0 unspecified atom stereocenters. The Labute approximate surface area is 166 Å². The summed E-state index contributed by atoms with van der Waals surface area (Å²) in [5.41, 5.74) is 3.24. The number of aryl methyl sites for hydroxylation is 1. The highest BCUT2D eigenvalue weighted by atomic mass is 79.9. The van der Waals surface area contributed by atoms with Crippen LogP contribution in [0.1, 0.15) is 42.5 Å². The molecule has 0 N–H and O–H groups in total. The highest BCUT2D eigenvalue weighted by molar-refractivity contribution is 9.10. The molecule has 1 aliphatic rings. The van der Waals surface area contributed by atoms with Gasteiger partial charge < -0.3 is 4.74 Å². The average Bonchev–Trinajstić information content (AvgIpc) is 3.19. The van der Waals surface area contributed by atoms with Gasteiger partial charge in [-0.2, -0.15) is 0 Å². The average molecular weight is 425 g/mol. The van der Waals surface area contributed by atoms with Crippen LogP contribution >= 0.6 is 15.9 Å². The Hall–Kier alpha value is -2.40. The number of benzene rings is 1. The molecule has 1 aromatic carbocycles. The van der Waals surface area contributed by atoms with Gasteiger partial charge in [0.1, 0.15) is 15.9 Å². The van der Waals surface area contributed by atoms with Crippen molar-refractivity contribution < 1.29 is 4.74 Å². The molecule has 1 saturated carbocycles. The molecule has 4 rings (SSSR count). The van der Waals surface area contributed by atoms with Crippen LogP contribution in [0.25, 0.3) is 17.8 Å². The standard InChI is InChI=1S/C22H21BrN2O2/c1-15-7-6-8-16(21(15)27-17-9-2-3-10-17)12-13-18-20(23)22(26)25-14-5-4-11-19(25)24-18/h4-8,11-14,17H,2-3,9-10H2,1H3/b13-12+. The minimum absolute atomic E-state index is 0.119. The van der Waals surface area contributed by atoms with Crippen molar-refractivity contribution in [2.75, 3.05) is 0 Å². The zero-order valence-electron chi connectivity index (χ0n) is 15.2. The fourth-order valence-corrected chi connectivity index (χ4v) is 3.92. The van der Waals surface area contributed by atoms with Gasteiger partial charge in [-0.1, -0.05) is 24.3 Å². The molecule has 3 aromatic rings. The van der Waals surface area contributed by atoms with Crippen LogP contribution in [0, 0.1) is 6.92 Å². The molecule has 0 bridgehead atoms. The van der Waals surface area contributed by atoms with E-state index in [1.807, 2.05) is 42.5 Å². The van der Waals surface area contributed by atoms with E-state index in [1.54, 1.807) is 6.20 Å². The predicted molar refractivity (Wildman–Crippen MR) is 112 cm³/mol. The largest absolute Gasteiger partial charge is 0.490 e. The van der Waals surface area contributed by atoms with Gasteiger partial charge >= 0.3 is 0 Å². The third kappa shape index (κ3) is 3.69. The fraction of sp³-hybridized carbons (Fsp3) is 0.273. The van der Waals surface area contributed by atoms with Crippen LogP contribution in [0.2, 0.25) is 0 Å². The van der Waals surface area contributed by atoms with E-state index in [2.05, 4.69) is 33.9 Å². The first-order valence-corrected chi connectivity index (χ1v) is 10.0. The first-order chi connectivity index (χ1) is 13.1. The number of halogens is 1. The molecule has 0 amide bonds. The van der Waals surface area contributed by atoms with E-state index >= 15 is 0 Å². The summed E-state index contributed by atoms with van der Waals surface area (Å²) in [6, 6.07) is 11.6. The van der Waals surface area contributed by atoms with E-state index < -0.39 is 0 Å². The highest BCUT2D eigenvalue weighted by Gasteiger charge is 2.18. The lowest BCUT2D eigenvalue weighted by Crippen LogP contribution is -2.16. The number of aromatic nitrogens is 2. The van der Waals surface area contributed by atoms with Crippen molar-refractivity contribution >= 4 is 33.7 Å². The van der Waals surface area contributed by atoms with Crippen molar-refractivity contribution in [3.05, 3.63) is 74.2 Å². The maximum atomic E-state index is 12.5. The Morgan fingerprint density at radius 2 is 1.96 bits per heavy atom. The van der Waals surface area contributed by atoms with Gasteiger partial charge in [0.2, 0.25) is 0 Å². The first-order valence-electron chi connectivity index (χ1n) is 9.25. The second-order valence-corrected chi connectivity index (χ2v) is 7.69. The van der Waals surface area contributed by atoms with Gasteiger partial charge in [-0.15, -0.1) is 0 Å². The Morgan fingerprint density at radius 1 is 1.15 bits per heavy atom. The Balaban J connectivity index is 1.71. The highest BCUT2D eigenvalue weighted by Crippen LogP contribution is 2.31. The van der Waals surface area contributed by atoms with Crippen LogP contribution in [-0.2, 0) is 0 Å². The third-order valence-corrected chi connectivity index (χ3v) is 5.70. The molecule has 0 spiro atoms. The Morgan fingerprint density at radius 3 is 2.78 bits per heavy atom. The van der Waals surface area contributed by atoms with Crippen LogP contribution in [0.15, 0.2) is 51.9 Å². The van der Waals surface area contributed by atoms with Crippen LogP contribution in [-0.4, -0.2) is 15.5 Å². The van der Waals surface area contributed by atoms with Crippen molar-refractivity contribution in [3.8, 4) is 5.75 Å². The van der Waals surface area contributed by atoms with E-state index in [1.165, 1.54) is 17.2 Å². The smallest absolute Gasteiger partial charge is 0.272 e. The minimum Gasteiger partial charge on any atom is -0.490 e. The van der Waals surface area contributed by atoms with Crippen molar-refractivity contribution in [2.24, 2.45) is 0 Å². The molecule has 1 fully saturated rings. The number of para-hydroxylation sites is 1. The molecule has 2 aromatic heterocycles. The molecule has 138 valence electrons. The van der Waals surface area contributed by atoms with Crippen LogP contribution < -0.4 is 10.3 Å². The van der Waals surface area contributed by atoms with Gasteiger partial charge in [-0.05, 0) is 78.4 Å². The number of nitrogens with zero attached hydrogens (tertiary/aromatic N) is 2. The molecule has 0 aliphatic heterocycles. The Kier molecular flexibility index (Phi) is 5.12. The first kappa shape index (κ1) is 18.0. The van der Waals surface area contributed by atoms with Gasteiger partial charge in [0.15, 0.2) is 0 Å². The summed E-state index contributed by atoms with van der Waals surface area (Å²) in [6.07, 6.45) is 10.6. The number of fused-ring (bicyclic) bond motifs is 1. The lowest BCUT2D eigenvalue weighted by Gasteiger charge is -2.17. The summed E-state index contributed by atoms with van der Waals surface area (Å²) < 4.78 is 8.28. The molecule has 0 atom stereocenters. The lowest BCUT2D eigenvalue weighted by atomic mass is 10.1. The van der Waals surface area contributed by atoms with Gasteiger partial charge in [-0.3, -0.25) is 9.20 Å². The molecule has 1 aliphatic carbocycles. The van der Waals surface area contributed by atoms with Gasteiger partial charge in [0.05, 0.1) is 11.8 Å². The molecular weight excluding hydrogens is 404 g/mol. The quantitative estimate of drug-likeness (QED) is 0.573. The SMILES string of the molecule is Cc1cccc(/C=C/c2nc3ccccn3c(=O)c2Br)c1OC1CCCC1. The zero-order valence-corrected chi connectivity index (χ0v) is 16.8. The van der Waals surface area contributed by atoms with E-state index in [-0.39, 0.29) is 5.56 Å². The van der Waals surface area contributed by atoms with Gasteiger partial charge in [-0.25, -0.2) is 4.98 Å². The zero-order chi connectivity index (χ0) is 18.8. The number of pyridine rings is 1. The maximum absolute atomic E-state index is 12.5. The molecule has 4 nitrogen and oxygen atoms in total. The lowest BCUT2D eigenvalue weighted by molar-refractivity contribution is 0.208. The van der Waals surface area contributed by atoms with E-state index in [0.717, 1.165) is 29.7 Å². The third-order valence-electron chi connectivity index (χ3n) is 4.95. The predicted octanol–water partition coefficient (Wildman–Crippen LogP) is 5.26. The number of rotatable bonds is 4. The van der Waals surface area contributed by atoms with Crippen LogP contribution in [0.4, 0.5) is 0 Å².